The summed E-state index contributed by atoms with van der Waals surface area (Å²) < 4.78 is 36.3. The van der Waals surface area contributed by atoms with Crippen LogP contribution in [0.1, 0.15) is 37.3 Å². The highest BCUT2D eigenvalue weighted by atomic mass is 19.1. The third-order valence-electron chi connectivity index (χ3n) is 5.57. The van der Waals surface area contributed by atoms with E-state index < -0.39 is 23.8 Å². The molecule has 1 aliphatic rings. The topological polar surface area (TPSA) is 104 Å². The average Bonchev–Trinajstić information content (AvgIpc) is 2.88. The molecule has 7 nitrogen and oxygen atoms in total. The van der Waals surface area contributed by atoms with Gasteiger partial charge in [0.25, 0.3) is 0 Å². The second kappa shape index (κ2) is 10.8. The Kier molecular flexibility index (Phi) is 7.40. The van der Waals surface area contributed by atoms with Gasteiger partial charge in [0.2, 0.25) is 5.88 Å². The van der Waals surface area contributed by atoms with Crippen LogP contribution in [0.3, 0.4) is 0 Å². The van der Waals surface area contributed by atoms with Crippen LogP contribution in [0.2, 0.25) is 0 Å². The smallest absolute Gasteiger partial charge is 0.352 e. The predicted octanol–water partition coefficient (Wildman–Crippen LogP) is 5.21. The molecule has 8 heteroatoms. The fourth-order valence-corrected chi connectivity index (χ4v) is 3.86. The predicted molar refractivity (Wildman–Crippen MR) is 130 cm³/mol. The van der Waals surface area contributed by atoms with Gasteiger partial charge < -0.3 is 24.7 Å². The van der Waals surface area contributed by atoms with Gasteiger partial charge in [-0.3, -0.25) is 0 Å². The number of esters is 1. The summed E-state index contributed by atoms with van der Waals surface area (Å²) in [5.41, 5.74) is 7.81. The SMILES string of the molecule is CCCOc1ccccc1C1C(C#N)=C(N)Oc2cc(OC(=O)C(C)Oc3ccccc3F)ccc21. The molecule has 0 spiro atoms. The summed E-state index contributed by atoms with van der Waals surface area (Å²) in [4.78, 5) is 12.6. The maximum atomic E-state index is 13.9. The number of carbonyl (C=O) groups is 1. The van der Waals surface area contributed by atoms with E-state index in [4.69, 9.17) is 24.7 Å². The van der Waals surface area contributed by atoms with E-state index in [0.29, 0.717) is 23.7 Å². The summed E-state index contributed by atoms with van der Waals surface area (Å²) in [5.74, 6) is -0.744. The van der Waals surface area contributed by atoms with Crippen LogP contribution >= 0.6 is 0 Å². The molecule has 2 unspecified atom stereocenters. The third-order valence-corrected chi connectivity index (χ3v) is 5.57. The summed E-state index contributed by atoms with van der Waals surface area (Å²) in [5, 5.41) is 9.84. The molecule has 1 aliphatic heterocycles. The van der Waals surface area contributed by atoms with Crippen LogP contribution in [0.5, 0.6) is 23.0 Å². The number of fused-ring (bicyclic) bond motifs is 1. The second-order valence-corrected chi connectivity index (χ2v) is 8.12. The maximum Gasteiger partial charge on any atom is 0.352 e. The highest BCUT2D eigenvalue weighted by Crippen LogP contribution is 2.45. The molecule has 3 aromatic carbocycles. The molecule has 3 aromatic rings. The number of benzene rings is 3. The molecule has 0 saturated heterocycles. The van der Waals surface area contributed by atoms with E-state index in [0.717, 1.165) is 12.0 Å². The Balaban J connectivity index is 1.61. The molecule has 0 fully saturated rings. The number of halogens is 1. The van der Waals surface area contributed by atoms with Crippen LogP contribution in [0, 0.1) is 17.1 Å². The van der Waals surface area contributed by atoms with Crippen LogP contribution in [0.25, 0.3) is 0 Å². The molecule has 1 heterocycles. The van der Waals surface area contributed by atoms with E-state index in [9.17, 15) is 14.4 Å². The Morgan fingerprint density at radius 1 is 1.11 bits per heavy atom. The van der Waals surface area contributed by atoms with Gasteiger partial charge in [-0.25, -0.2) is 9.18 Å². The lowest BCUT2D eigenvalue weighted by atomic mass is 9.83. The Hall–Kier alpha value is -4.51. The van der Waals surface area contributed by atoms with Crippen LogP contribution in [0.15, 0.2) is 78.2 Å². The van der Waals surface area contributed by atoms with E-state index in [1.54, 1.807) is 18.2 Å². The number of allylic oxidation sites excluding steroid dienone is 1. The Morgan fingerprint density at radius 2 is 1.83 bits per heavy atom. The van der Waals surface area contributed by atoms with Crippen molar-refractivity contribution in [3.63, 3.8) is 0 Å². The van der Waals surface area contributed by atoms with Gasteiger partial charge in [0, 0.05) is 17.2 Å². The minimum absolute atomic E-state index is 0.0416. The molecule has 184 valence electrons. The first-order valence-corrected chi connectivity index (χ1v) is 11.5. The van der Waals surface area contributed by atoms with Crippen LogP contribution in [0.4, 0.5) is 4.39 Å². The first-order valence-electron chi connectivity index (χ1n) is 11.5. The minimum Gasteiger partial charge on any atom is -0.493 e. The molecule has 0 aromatic heterocycles. The van der Waals surface area contributed by atoms with E-state index in [1.807, 2.05) is 31.2 Å². The average molecular weight is 489 g/mol. The van der Waals surface area contributed by atoms with Crippen molar-refractivity contribution in [3.8, 4) is 29.1 Å². The van der Waals surface area contributed by atoms with Crippen molar-refractivity contribution < 1.29 is 28.1 Å². The van der Waals surface area contributed by atoms with E-state index in [1.165, 1.54) is 31.2 Å². The van der Waals surface area contributed by atoms with Gasteiger partial charge in [0.1, 0.15) is 28.9 Å². The van der Waals surface area contributed by atoms with Crippen molar-refractivity contribution in [3.05, 3.63) is 95.1 Å². The van der Waals surface area contributed by atoms with Crippen molar-refractivity contribution in [1.82, 2.24) is 0 Å². The second-order valence-electron chi connectivity index (χ2n) is 8.12. The van der Waals surface area contributed by atoms with E-state index >= 15 is 0 Å². The van der Waals surface area contributed by atoms with Gasteiger partial charge in [-0.1, -0.05) is 43.3 Å². The van der Waals surface area contributed by atoms with Crippen LogP contribution in [-0.4, -0.2) is 18.7 Å². The van der Waals surface area contributed by atoms with Gasteiger partial charge in [-0.15, -0.1) is 0 Å². The van der Waals surface area contributed by atoms with E-state index in [2.05, 4.69) is 6.07 Å². The number of hydrogen-bond acceptors (Lipinski definition) is 7. The van der Waals surface area contributed by atoms with Crippen LogP contribution in [-0.2, 0) is 4.79 Å². The zero-order chi connectivity index (χ0) is 25.7. The number of nitrogens with zero attached hydrogens (tertiary/aromatic N) is 1. The van der Waals surface area contributed by atoms with Crippen molar-refractivity contribution >= 4 is 5.97 Å². The van der Waals surface area contributed by atoms with Crippen molar-refractivity contribution in [2.75, 3.05) is 6.61 Å². The van der Waals surface area contributed by atoms with Gasteiger partial charge >= 0.3 is 5.97 Å². The zero-order valence-corrected chi connectivity index (χ0v) is 19.9. The highest BCUT2D eigenvalue weighted by molar-refractivity contribution is 5.77. The number of rotatable bonds is 8. The molecule has 0 bridgehead atoms. The summed E-state index contributed by atoms with van der Waals surface area (Å²) in [6.45, 7) is 4.00. The number of para-hydroxylation sites is 2. The van der Waals surface area contributed by atoms with Crippen molar-refractivity contribution in [1.29, 1.82) is 5.26 Å². The minimum atomic E-state index is -1.07. The fourth-order valence-electron chi connectivity index (χ4n) is 3.86. The maximum absolute atomic E-state index is 13.9. The third kappa shape index (κ3) is 5.10. The molecule has 0 aliphatic carbocycles. The first-order chi connectivity index (χ1) is 17.4. The Bertz CT molecular complexity index is 1350. The molecule has 2 N–H and O–H groups in total. The largest absolute Gasteiger partial charge is 0.493 e. The van der Waals surface area contributed by atoms with Gasteiger partial charge in [0.05, 0.1) is 12.5 Å². The lowest BCUT2D eigenvalue weighted by Gasteiger charge is -2.28. The van der Waals surface area contributed by atoms with Crippen LogP contribution < -0.4 is 24.7 Å². The van der Waals surface area contributed by atoms with Gasteiger partial charge in [-0.2, -0.15) is 5.26 Å². The molecule has 2 atom stereocenters. The molecule has 0 amide bonds. The lowest BCUT2D eigenvalue weighted by molar-refractivity contribution is -0.141. The van der Waals surface area contributed by atoms with Crippen molar-refractivity contribution in [2.24, 2.45) is 5.73 Å². The monoisotopic (exact) mass is 488 g/mol. The quantitative estimate of drug-likeness (QED) is 0.343. The molecule has 36 heavy (non-hydrogen) atoms. The number of hydrogen-bond donors (Lipinski definition) is 1. The number of ether oxygens (including phenoxy) is 4. The molecule has 0 saturated carbocycles. The fraction of sp³-hybridized carbons (Fsp3) is 0.214. The first kappa shape index (κ1) is 24.6. The highest BCUT2D eigenvalue weighted by Gasteiger charge is 2.33. The standard InChI is InChI=1S/C28H25FN2O5/c1-3-14-33-23-10-6-4-8-19(23)26-20-13-12-18(15-25(20)36-27(31)21(26)16-30)35-28(32)17(2)34-24-11-7-5-9-22(24)29/h4-13,15,17,26H,3,14,31H2,1-2H3. The molecule has 4 rings (SSSR count). The summed E-state index contributed by atoms with van der Waals surface area (Å²) >= 11 is 0. The number of nitriles is 1. The van der Waals surface area contributed by atoms with Gasteiger partial charge in [-0.05, 0) is 37.6 Å². The summed E-state index contributed by atoms with van der Waals surface area (Å²) in [6.07, 6.45) is -0.236. The lowest BCUT2D eigenvalue weighted by Crippen LogP contribution is -2.29. The molecular weight excluding hydrogens is 463 g/mol. The van der Waals surface area contributed by atoms with E-state index in [-0.39, 0.29) is 23.0 Å². The molecule has 0 radical (unpaired) electrons. The Morgan fingerprint density at radius 3 is 2.56 bits per heavy atom. The molecular formula is C28H25FN2O5. The Labute approximate surface area is 208 Å². The van der Waals surface area contributed by atoms with Crippen molar-refractivity contribution in [2.45, 2.75) is 32.3 Å². The zero-order valence-electron chi connectivity index (χ0n) is 19.9. The normalized spacial score (nSPS) is 15.2. The summed E-state index contributed by atoms with van der Waals surface area (Å²) in [7, 11) is 0. The summed E-state index contributed by atoms with van der Waals surface area (Å²) in [6, 6.07) is 20.2. The number of carbonyl (C=O) groups excluding carboxylic acids is 1. The number of nitrogens with two attached hydrogens (primary N) is 1. The van der Waals surface area contributed by atoms with Gasteiger partial charge in [0.15, 0.2) is 17.7 Å².